The lowest BCUT2D eigenvalue weighted by Crippen LogP contribution is -2.43. The Hall–Kier alpha value is -1.50. The number of halogens is 4. The molecule has 0 spiro atoms. The van der Waals surface area contributed by atoms with Crippen molar-refractivity contribution >= 4 is 20.3 Å². The van der Waals surface area contributed by atoms with Crippen LogP contribution >= 0.6 is 0 Å². The van der Waals surface area contributed by atoms with Crippen molar-refractivity contribution in [3.63, 3.8) is 0 Å². The van der Waals surface area contributed by atoms with Crippen molar-refractivity contribution in [2.75, 3.05) is 0 Å². The Morgan fingerprint density at radius 3 is 2.44 bits per heavy atom. The largest absolute Gasteiger partial charge is 0.643 e. The molecule has 14 heteroatoms. The molecule has 1 aliphatic heterocycles. The van der Waals surface area contributed by atoms with E-state index in [9.17, 15) is 17.4 Å². The molecule has 0 bridgehead atoms. The summed E-state index contributed by atoms with van der Waals surface area (Å²) in [5, 5.41) is 1.60. The van der Waals surface area contributed by atoms with Crippen molar-refractivity contribution < 1.29 is 36.6 Å². The summed E-state index contributed by atoms with van der Waals surface area (Å²) in [5.74, 6) is 0. The third-order valence-electron chi connectivity index (χ3n) is 1.20. The van der Waals surface area contributed by atoms with Gasteiger partial charge in [-0.25, -0.2) is 4.84 Å². The van der Waals surface area contributed by atoms with Crippen LogP contribution in [0.1, 0.15) is 0 Å². The van der Waals surface area contributed by atoms with Gasteiger partial charge in [-0.3, -0.25) is 5.48 Å². The minimum Gasteiger partial charge on any atom is -0.511 e. The van der Waals surface area contributed by atoms with E-state index in [1.54, 1.807) is 21.8 Å². The van der Waals surface area contributed by atoms with Gasteiger partial charge in [0.05, 0.1) is 0 Å². The van der Waals surface area contributed by atoms with Crippen molar-refractivity contribution in [3.05, 3.63) is 12.4 Å². The molecule has 103 valence electrons. The standard InChI is InChI=1S/C4H7B2F4N4O4/c7-4(8)15-11-1-2-12-17-6(9,10)18-13-3-5-14-16-4/h1-3,11-14H/q-2/b2-1+. The first-order chi connectivity index (χ1) is 8.41. The highest BCUT2D eigenvalue weighted by molar-refractivity contribution is 6.52. The highest BCUT2D eigenvalue weighted by atomic mass is 19.3. The minimum atomic E-state index is -4.65. The molecule has 0 fully saturated rings. The predicted molar refractivity (Wildman–Crippen MR) is 50.8 cm³/mol. The molecule has 0 saturated heterocycles. The predicted octanol–water partition coefficient (Wildman–Crippen LogP) is -1.14. The Labute approximate surface area is 98.4 Å². The maximum Gasteiger partial charge on any atom is 0.643 e. The SMILES string of the molecule is F[B-]1(F)ONC=[B-]NOC(F)(F)ON/C=C/NO1. The van der Waals surface area contributed by atoms with Gasteiger partial charge in [0, 0.05) is 12.4 Å². The molecule has 18 heavy (non-hydrogen) atoms. The summed E-state index contributed by atoms with van der Waals surface area (Å²) in [6, 6.07) is 0. The molecule has 0 aromatic rings. The lowest BCUT2D eigenvalue weighted by Gasteiger charge is -2.26. The number of alkyl halides is 2. The Bertz CT molecular complexity index is 265. The molecule has 0 unspecified atom stereocenters. The molecule has 0 aromatic heterocycles. The van der Waals surface area contributed by atoms with Crippen molar-refractivity contribution in [2.45, 2.75) is 6.29 Å². The maximum atomic E-state index is 12.7. The van der Waals surface area contributed by atoms with E-state index in [1.165, 1.54) is 0 Å². The van der Waals surface area contributed by atoms with Crippen LogP contribution in [0.2, 0.25) is 0 Å². The maximum absolute atomic E-state index is 12.7. The fourth-order valence-corrected chi connectivity index (χ4v) is 0.623. The van der Waals surface area contributed by atoms with Crippen LogP contribution in [0, 0.1) is 0 Å². The quantitative estimate of drug-likeness (QED) is 0.325. The van der Waals surface area contributed by atoms with Crippen LogP contribution in [-0.2, 0) is 19.2 Å². The Morgan fingerprint density at radius 2 is 1.67 bits per heavy atom. The summed E-state index contributed by atoms with van der Waals surface area (Å²) in [4.78, 5) is 7.42. The number of rotatable bonds is 0. The first-order valence-corrected chi connectivity index (χ1v) is 4.33. The van der Waals surface area contributed by atoms with Gasteiger partial charge in [-0.1, -0.05) is 0 Å². The molecule has 0 amide bonds. The van der Waals surface area contributed by atoms with E-state index >= 15 is 0 Å². The molecule has 0 saturated carbocycles. The van der Waals surface area contributed by atoms with Gasteiger partial charge in [0.2, 0.25) is 0 Å². The second kappa shape index (κ2) is 6.44. The molecular weight excluding hydrogens is 266 g/mol. The Balaban J connectivity index is 2.53. The molecule has 8 nitrogen and oxygen atoms in total. The van der Waals surface area contributed by atoms with E-state index in [4.69, 9.17) is 0 Å². The lowest BCUT2D eigenvalue weighted by atomic mass is 10.2. The van der Waals surface area contributed by atoms with Gasteiger partial charge in [-0.05, 0) is 0 Å². The van der Waals surface area contributed by atoms with Crippen LogP contribution in [0.5, 0.6) is 0 Å². The summed E-state index contributed by atoms with van der Waals surface area (Å²) < 4.78 is 58.2. The van der Waals surface area contributed by atoms with Crippen molar-refractivity contribution in [2.24, 2.45) is 0 Å². The number of hydrogen-bond donors (Lipinski definition) is 4. The van der Waals surface area contributed by atoms with Gasteiger partial charge in [0.15, 0.2) is 0 Å². The van der Waals surface area contributed by atoms with E-state index in [1.807, 2.05) is 0 Å². The van der Waals surface area contributed by atoms with E-state index in [2.05, 4.69) is 19.2 Å². The summed E-state index contributed by atoms with van der Waals surface area (Å²) >= 11 is 0. The van der Waals surface area contributed by atoms with Crippen LogP contribution in [0.25, 0.3) is 0 Å². The van der Waals surface area contributed by atoms with Crippen molar-refractivity contribution in [1.82, 2.24) is 21.8 Å². The molecule has 0 aliphatic carbocycles. The zero-order valence-electron chi connectivity index (χ0n) is 8.53. The van der Waals surface area contributed by atoms with E-state index in [-0.39, 0.29) is 0 Å². The Kier molecular flexibility index (Phi) is 5.21. The molecule has 1 rings (SSSR count). The fraction of sp³-hybridized carbons (Fsp3) is 0.250. The molecule has 1 aliphatic rings. The monoisotopic (exact) mass is 273 g/mol. The van der Waals surface area contributed by atoms with Crippen molar-refractivity contribution in [3.8, 4) is 0 Å². The molecule has 1 heterocycles. The second-order valence-electron chi connectivity index (χ2n) is 2.58. The smallest absolute Gasteiger partial charge is 0.511 e. The first-order valence-electron chi connectivity index (χ1n) is 4.33. The van der Waals surface area contributed by atoms with Gasteiger partial charge in [0.25, 0.3) is 0 Å². The highest BCUT2D eigenvalue weighted by Crippen LogP contribution is 2.12. The van der Waals surface area contributed by atoms with Gasteiger partial charge < -0.3 is 34.5 Å². The third kappa shape index (κ3) is 6.29. The molecular formula is C4H7B2F4N4O4-2. The average Bonchev–Trinajstić information content (AvgIpc) is 2.27. The lowest BCUT2D eigenvalue weighted by molar-refractivity contribution is -0.419. The van der Waals surface area contributed by atoms with Crippen LogP contribution in [0.4, 0.5) is 17.4 Å². The van der Waals surface area contributed by atoms with Gasteiger partial charge in [-0.2, -0.15) is 18.0 Å². The topological polar surface area (TPSA) is 85.0 Å². The third-order valence-corrected chi connectivity index (χ3v) is 1.20. The van der Waals surface area contributed by atoms with Gasteiger partial charge in [0.1, 0.15) is 0 Å². The number of nitrogens with one attached hydrogen (secondary N) is 4. The van der Waals surface area contributed by atoms with E-state index < -0.39 is 13.4 Å². The van der Waals surface area contributed by atoms with Crippen LogP contribution in [0.3, 0.4) is 0 Å². The van der Waals surface area contributed by atoms with E-state index in [0.29, 0.717) is 25.5 Å². The fourth-order valence-electron chi connectivity index (χ4n) is 0.623. The Morgan fingerprint density at radius 1 is 1.00 bits per heavy atom. The zero-order chi connectivity index (χ0) is 13.5. The van der Waals surface area contributed by atoms with Gasteiger partial charge in [-0.15, -0.1) is 8.78 Å². The first kappa shape index (κ1) is 14.6. The highest BCUT2D eigenvalue weighted by Gasteiger charge is 2.32. The summed E-state index contributed by atoms with van der Waals surface area (Å²) in [6.45, 7) is 0. The molecule has 1 radical (unpaired) electrons. The van der Waals surface area contributed by atoms with Crippen LogP contribution < -0.4 is 21.8 Å². The normalized spacial score (nSPS) is 25.6. The summed E-state index contributed by atoms with van der Waals surface area (Å²) in [5.41, 5.74) is 4.84. The minimum absolute atomic E-state index is 0.707. The summed E-state index contributed by atoms with van der Waals surface area (Å²) in [7, 11) is -3.94. The zero-order valence-corrected chi connectivity index (χ0v) is 8.53. The number of hydrogen-bond acceptors (Lipinski definition) is 8. The second-order valence-corrected chi connectivity index (χ2v) is 2.58. The summed E-state index contributed by atoms with van der Waals surface area (Å²) in [6.07, 6.45) is -1.87. The van der Waals surface area contributed by atoms with Crippen molar-refractivity contribution in [1.29, 1.82) is 0 Å². The van der Waals surface area contributed by atoms with E-state index in [0.717, 1.165) is 0 Å². The average molecular weight is 273 g/mol. The van der Waals surface area contributed by atoms with Crippen LogP contribution in [-0.4, -0.2) is 26.5 Å². The number of hydroxylamine groups is 3. The molecule has 0 aromatic carbocycles. The molecule has 0 atom stereocenters. The molecule has 4 N–H and O–H groups in total. The van der Waals surface area contributed by atoms with Crippen LogP contribution in [0.15, 0.2) is 12.4 Å². The van der Waals surface area contributed by atoms with Gasteiger partial charge >= 0.3 is 13.4 Å².